The minimum atomic E-state index is -1.02. The molecule has 190 valence electrons. The van der Waals surface area contributed by atoms with Crippen molar-refractivity contribution in [3.63, 3.8) is 0 Å². The zero-order chi connectivity index (χ0) is 24.3. The Kier molecular flexibility index (Phi) is 8.79. The molecule has 10 heteroatoms. The first kappa shape index (κ1) is 27.0. The molecule has 4 amide bonds. The summed E-state index contributed by atoms with van der Waals surface area (Å²) in [5.74, 6) is -1.86. The minimum Gasteiger partial charge on any atom is -0.318 e. The second-order valence-electron chi connectivity index (χ2n) is 9.16. The molecular weight excluding hydrogens is 481 g/mol. The highest BCUT2D eigenvalue weighted by Crippen LogP contribution is 2.36. The number of nitrogens with zero attached hydrogens (tertiary/aromatic N) is 2. The smallest absolute Gasteiger partial charge is 0.318 e. The molecule has 4 rings (SSSR count). The number of imide groups is 1. The largest absolute Gasteiger partial charge is 0.426 e. The molecule has 1 unspecified atom stereocenters. The first-order chi connectivity index (χ1) is 16.3. The highest BCUT2D eigenvalue weighted by atomic mass is 35.5. The molecule has 2 saturated heterocycles. The summed E-state index contributed by atoms with van der Waals surface area (Å²) in [6.07, 6.45) is 2.82. The van der Waals surface area contributed by atoms with Gasteiger partial charge in [-0.1, -0.05) is 12.1 Å². The molecule has 2 aromatic carbocycles. The molecule has 0 aliphatic carbocycles. The summed E-state index contributed by atoms with van der Waals surface area (Å²) in [5.41, 5.74) is 7.28. The van der Waals surface area contributed by atoms with Gasteiger partial charge in [0.25, 0.3) is 0 Å². The molecule has 35 heavy (non-hydrogen) atoms. The van der Waals surface area contributed by atoms with Crippen LogP contribution in [0.2, 0.25) is 0 Å². The summed E-state index contributed by atoms with van der Waals surface area (Å²) >= 11 is 0. The predicted octanol–water partition coefficient (Wildman–Crippen LogP) is 4.85. The van der Waals surface area contributed by atoms with Gasteiger partial charge in [0.2, 0.25) is 0 Å². The van der Waals surface area contributed by atoms with Crippen LogP contribution in [0.3, 0.4) is 0 Å². The summed E-state index contributed by atoms with van der Waals surface area (Å²) in [6.45, 7) is 2.89. The van der Waals surface area contributed by atoms with Crippen molar-refractivity contribution in [1.29, 1.82) is 0 Å². The molecule has 0 aromatic heterocycles. The van der Waals surface area contributed by atoms with Crippen LogP contribution in [0.1, 0.15) is 48.8 Å². The lowest BCUT2D eigenvalue weighted by molar-refractivity contribution is -0.806. The average Bonchev–Trinajstić information content (AvgIpc) is 2.83. The van der Waals surface area contributed by atoms with E-state index in [4.69, 9.17) is 5.73 Å². The van der Waals surface area contributed by atoms with Gasteiger partial charge in [0.1, 0.15) is 11.9 Å². The Labute approximate surface area is 209 Å². The number of hydrogen-bond donors (Lipinski definition) is 2. The Balaban J connectivity index is 0.00000342. The first-order valence-electron chi connectivity index (χ1n) is 11.7. The lowest BCUT2D eigenvalue weighted by atomic mass is 9.89. The third-order valence-corrected chi connectivity index (χ3v) is 7.22. The van der Waals surface area contributed by atoms with Crippen LogP contribution in [0, 0.1) is 17.5 Å². The van der Waals surface area contributed by atoms with Crippen LogP contribution >= 0.6 is 12.4 Å². The molecule has 6 nitrogen and oxygen atoms in total. The molecule has 2 atom stereocenters. The standard InChI is InChI=1S/C25H29F3N4O2.ClH/c26-20-5-2-17(3-6-20)18-9-13-31(14-10-18)12-1-15-32(24(29)33)23(8-11-30-25(32)34)19-4-7-21(27)22(28)16-19;/h2-7,16,18,23H,1,8-15H2,(H2-,29,30,33,34);1H/p+1/t23-,32?;/m0./s1. The SMILES string of the molecule is Cl.NC(=O)[N+]1(CCCN2CCC(c3ccc(F)cc3)CC2)C(=O)NCC[C@H]1c1ccc(F)c(F)c1. The maximum atomic E-state index is 13.9. The molecule has 2 heterocycles. The van der Waals surface area contributed by atoms with Gasteiger partial charge in [-0.25, -0.2) is 22.8 Å². The molecule has 2 aliphatic rings. The summed E-state index contributed by atoms with van der Waals surface area (Å²) in [7, 11) is 0. The number of carbonyl (C=O) groups excluding carboxylic acids is 2. The molecule has 2 aliphatic heterocycles. The molecular formula is C25H31ClF3N4O2+. The first-order valence-corrected chi connectivity index (χ1v) is 11.7. The Morgan fingerprint density at radius 2 is 1.66 bits per heavy atom. The van der Waals surface area contributed by atoms with Crippen molar-refractivity contribution in [2.75, 3.05) is 32.7 Å². The number of benzene rings is 2. The van der Waals surface area contributed by atoms with Crippen LogP contribution in [-0.4, -0.2) is 54.2 Å². The van der Waals surface area contributed by atoms with Crippen molar-refractivity contribution in [2.45, 2.75) is 37.6 Å². The van der Waals surface area contributed by atoms with Gasteiger partial charge in [-0.05, 0) is 67.7 Å². The zero-order valence-corrected chi connectivity index (χ0v) is 20.2. The molecule has 0 saturated carbocycles. The van der Waals surface area contributed by atoms with Crippen molar-refractivity contribution >= 4 is 24.5 Å². The molecule has 2 fully saturated rings. The fourth-order valence-corrected chi connectivity index (χ4v) is 5.35. The van der Waals surface area contributed by atoms with E-state index in [1.165, 1.54) is 18.2 Å². The molecule has 0 radical (unpaired) electrons. The van der Waals surface area contributed by atoms with E-state index in [0.29, 0.717) is 37.4 Å². The highest BCUT2D eigenvalue weighted by molar-refractivity contribution is 5.85. The fourth-order valence-electron chi connectivity index (χ4n) is 5.35. The van der Waals surface area contributed by atoms with Crippen LogP contribution in [0.15, 0.2) is 42.5 Å². The van der Waals surface area contributed by atoms with E-state index in [1.807, 2.05) is 12.1 Å². The van der Waals surface area contributed by atoms with Crippen LogP contribution in [0.5, 0.6) is 0 Å². The van der Waals surface area contributed by atoms with E-state index in [-0.39, 0.29) is 24.8 Å². The van der Waals surface area contributed by atoms with Gasteiger partial charge in [-0.3, -0.25) is 0 Å². The lowest BCUT2D eigenvalue weighted by Crippen LogP contribution is -2.68. The maximum Gasteiger partial charge on any atom is 0.426 e. The van der Waals surface area contributed by atoms with Gasteiger partial charge in [0.05, 0.1) is 6.54 Å². The van der Waals surface area contributed by atoms with Crippen molar-refractivity contribution in [2.24, 2.45) is 5.73 Å². The van der Waals surface area contributed by atoms with E-state index >= 15 is 0 Å². The van der Waals surface area contributed by atoms with Gasteiger partial charge in [0, 0.05) is 31.5 Å². The van der Waals surface area contributed by atoms with E-state index in [9.17, 15) is 22.8 Å². The maximum absolute atomic E-state index is 13.9. The number of primary amides is 1. The number of nitrogens with one attached hydrogen (secondary N) is 1. The Hall–Kier alpha value is -2.62. The second-order valence-corrected chi connectivity index (χ2v) is 9.16. The summed E-state index contributed by atoms with van der Waals surface area (Å²) in [5, 5.41) is 2.72. The number of hydrogen-bond acceptors (Lipinski definition) is 3. The summed E-state index contributed by atoms with van der Waals surface area (Å²) < 4.78 is 39.9. The van der Waals surface area contributed by atoms with Gasteiger partial charge in [0.15, 0.2) is 11.6 Å². The number of likely N-dealkylation sites (tertiary alicyclic amines) is 1. The fraction of sp³-hybridized carbons (Fsp3) is 0.440. The van der Waals surface area contributed by atoms with Crippen molar-refractivity contribution in [3.8, 4) is 0 Å². The number of amides is 4. The summed E-state index contributed by atoms with van der Waals surface area (Å²) in [4.78, 5) is 27.9. The van der Waals surface area contributed by atoms with E-state index in [1.54, 1.807) is 0 Å². The van der Waals surface area contributed by atoms with Crippen molar-refractivity contribution < 1.29 is 27.2 Å². The number of rotatable bonds is 6. The minimum absolute atomic E-state index is 0. The molecule has 3 N–H and O–H groups in total. The van der Waals surface area contributed by atoms with Gasteiger partial charge in [-0.15, -0.1) is 12.4 Å². The van der Waals surface area contributed by atoms with E-state index < -0.39 is 34.2 Å². The number of urea groups is 2. The van der Waals surface area contributed by atoms with Crippen LogP contribution < -0.4 is 11.1 Å². The number of nitrogens with two attached hydrogens (primary N) is 1. The zero-order valence-electron chi connectivity index (χ0n) is 19.4. The normalized spacial score (nSPS) is 23.4. The van der Waals surface area contributed by atoms with Crippen LogP contribution in [0.4, 0.5) is 22.8 Å². The number of carbonyl (C=O) groups is 2. The van der Waals surface area contributed by atoms with Gasteiger partial charge in [-0.2, -0.15) is 4.48 Å². The predicted molar refractivity (Wildman–Crippen MR) is 129 cm³/mol. The quantitative estimate of drug-likeness (QED) is 0.545. The van der Waals surface area contributed by atoms with Crippen molar-refractivity contribution in [1.82, 2.24) is 10.2 Å². The molecule has 2 aromatic rings. The lowest BCUT2D eigenvalue weighted by Gasteiger charge is -2.42. The highest BCUT2D eigenvalue weighted by Gasteiger charge is 2.53. The van der Waals surface area contributed by atoms with E-state index in [0.717, 1.165) is 43.6 Å². The average molecular weight is 512 g/mol. The topological polar surface area (TPSA) is 75.4 Å². The van der Waals surface area contributed by atoms with Gasteiger partial charge < -0.3 is 16.0 Å². The molecule has 0 spiro atoms. The van der Waals surface area contributed by atoms with E-state index in [2.05, 4.69) is 10.2 Å². The third kappa shape index (κ3) is 5.63. The number of quaternary nitrogens is 1. The Bertz CT molecular complexity index is 1050. The second kappa shape index (κ2) is 11.4. The van der Waals surface area contributed by atoms with Crippen LogP contribution in [0.25, 0.3) is 0 Å². The number of halogens is 4. The third-order valence-electron chi connectivity index (χ3n) is 7.22. The summed E-state index contributed by atoms with van der Waals surface area (Å²) in [6, 6.07) is 8.14. The molecule has 0 bridgehead atoms. The number of piperidine rings is 1. The van der Waals surface area contributed by atoms with Crippen molar-refractivity contribution in [3.05, 3.63) is 71.0 Å². The van der Waals surface area contributed by atoms with Gasteiger partial charge >= 0.3 is 12.1 Å². The Morgan fingerprint density at radius 1 is 1.00 bits per heavy atom. The Morgan fingerprint density at radius 3 is 2.29 bits per heavy atom. The monoisotopic (exact) mass is 511 g/mol. The van der Waals surface area contributed by atoms with Crippen LogP contribution in [-0.2, 0) is 0 Å².